The first kappa shape index (κ1) is 15.3. The molecule has 0 aliphatic heterocycles. The summed E-state index contributed by atoms with van der Waals surface area (Å²) in [5.41, 5.74) is 1.15. The van der Waals surface area contributed by atoms with Gasteiger partial charge in [0.2, 0.25) is 0 Å². The SMILES string of the molecule is Cc1cccc(S(=O)(=O)Nc2cnc3c(Cl)cccn23)c1C#N. The summed E-state index contributed by atoms with van der Waals surface area (Å²) in [6.07, 6.45) is 3.02. The van der Waals surface area contributed by atoms with Crippen molar-refractivity contribution in [2.24, 2.45) is 0 Å². The lowest BCUT2D eigenvalue weighted by Crippen LogP contribution is -2.16. The molecule has 0 bridgehead atoms. The number of rotatable bonds is 3. The van der Waals surface area contributed by atoms with Crippen LogP contribution in [-0.4, -0.2) is 17.8 Å². The van der Waals surface area contributed by atoms with Crippen molar-refractivity contribution in [3.8, 4) is 6.07 Å². The summed E-state index contributed by atoms with van der Waals surface area (Å²) >= 11 is 6.02. The summed E-state index contributed by atoms with van der Waals surface area (Å²) in [5.74, 6) is 0.243. The van der Waals surface area contributed by atoms with Gasteiger partial charge in [-0.05, 0) is 30.7 Å². The molecule has 8 heteroatoms. The van der Waals surface area contributed by atoms with Gasteiger partial charge in [-0.2, -0.15) is 5.26 Å². The molecule has 0 atom stereocenters. The molecule has 0 fully saturated rings. The topological polar surface area (TPSA) is 87.3 Å². The maximum Gasteiger partial charge on any atom is 0.264 e. The van der Waals surface area contributed by atoms with Gasteiger partial charge in [0.1, 0.15) is 16.8 Å². The van der Waals surface area contributed by atoms with Crippen LogP contribution < -0.4 is 4.72 Å². The van der Waals surface area contributed by atoms with E-state index in [1.165, 1.54) is 16.7 Å². The van der Waals surface area contributed by atoms with E-state index in [4.69, 9.17) is 11.6 Å². The maximum absolute atomic E-state index is 12.6. The van der Waals surface area contributed by atoms with E-state index in [1.54, 1.807) is 37.4 Å². The molecule has 0 saturated heterocycles. The molecule has 1 N–H and O–H groups in total. The predicted octanol–water partition coefficient (Wildman–Crippen LogP) is 2.97. The minimum Gasteiger partial charge on any atom is -0.284 e. The van der Waals surface area contributed by atoms with Crippen molar-refractivity contribution in [2.45, 2.75) is 11.8 Å². The minimum atomic E-state index is -3.93. The Morgan fingerprint density at radius 1 is 1.30 bits per heavy atom. The van der Waals surface area contributed by atoms with Crippen LogP contribution in [0.5, 0.6) is 0 Å². The first-order valence-electron chi connectivity index (χ1n) is 6.58. The van der Waals surface area contributed by atoms with Crippen LogP contribution in [0.4, 0.5) is 5.82 Å². The van der Waals surface area contributed by atoms with Gasteiger partial charge >= 0.3 is 0 Å². The molecule has 6 nitrogen and oxygen atoms in total. The Balaban J connectivity index is 2.10. The molecule has 2 aromatic heterocycles. The Kier molecular flexibility index (Phi) is 3.72. The number of imidazole rings is 1. The molecule has 0 unspecified atom stereocenters. The Morgan fingerprint density at radius 2 is 2.09 bits per heavy atom. The van der Waals surface area contributed by atoms with Crippen molar-refractivity contribution >= 4 is 33.1 Å². The van der Waals surface area contributed by atoms with E-state index in [0.717, 1.165) is 0 Å². The molecule has 1 aromatic carbocycles. The van der Waals surface area contributed by atoms with E-state index in [2.05, 4.69) is 9.71 Å². The fourth-order valence-electron chi connectivity index (χ4n) is 2.25. The van der Waals surface area contributed by atoms with E-state index >= 15 is 0 Å². The number of benzene rings is 1. The Morgan fingerprint density at radius 3 is 2.83 bits per heavy atom. The molecule has 0 saturated carbocycles. The standard InChI is InChI=1S/C15H11ClN4O2S/c1-10-4-2-6-13(11(10)8-17)23(21,22)19-14-9-18-15-12(16)5-3-7-20(14)15/h2-7,9,19H,1H3. The first-order valence-corrected chi connectivity index (χ1v) is 8.44. The number of aryl methyl sites for hydroxylation is 1. The fraction of sp³-hybridized carbons (Fsp3) is 0.0667. The molecule has 0 spiro atoms. The average molecular weight is 347 g/mol. The third kappa shape index (κ3) is 2.63. The van der Waals surface area contributed by atoms with Gasteiger partial charge in [-0.15, -0.1) is 0 Å². The van der Waals surface area contributed by atoms with Crippen LogP contribution in [0.1, 0.15) is 11.1 Å². The number of anilines is 1. The van der Waals surface area contributed by atoms with Crippen molar-refractivity contribution in [3.63, 3.8) is 0 Å². The number of nitriles is 1. The monoisotopic (exact) mass is 346 g/mol. The normalized spacial score (nSPS) is 11.3. The quantitative estimate of drug-likeness (QED) is 0.789. The van der Waals surface area contributed by atoms with Gasteiger partial charge in [-0.25, -0.2) is 13.4 Å². The lowest BCUT2D eigenvalue weighted by molar-refractivity contribution is 0.600. The number of fused-ring (bicyclic) bond motifs is 1. The zero-order valence-corrected chi connectivity index (χ0v) is 13.6. The van der Waals surface area contributed by atoms with E-state index in [1.807, 2.05) is 6.07 Å². The number of hydrogen-bond acceptors (Lipinski definition) is 4. The molecular weight excluding hydrogens is 336 g/mol. The van der Waals surface area contributed by atoms with Crippen LogP contribution in [0.3, 0.4) is 0 Å². The number of sulfonamides is 1. The van der Waals surface area contributed by atoms with Crippen LogP contribution in [0.2, 0.25) is 5.02 Å². The van der Waals surface area contributed by atoms with E-state index in [-0.39, 0.29) is 16.3 Å². The Hall–Kier alpha value is -2.56. The van der Waals surface area contributed by atoms with Crippen molar-refractivity contribution in [2.75, 3.05) is 4.72 Å². The summed E-state index contributed by atoms with van der Waals surface area (Å²) in [6, 6.07) is 9.95. The highest BCUT2D eigenvalue weighted by Gasteiger charge is 2.21. The second-order valence-electron chi connectivity index (χ2n) is 4.86. The summed E-state index contributed by atoms with van der Waals surface area (Å²) in [4.78, 5) is 4.02. The second-order valence-corrected chi connectivity index (χ2v) is 6.92. The predicted molar refractivity (Wildman–Crippen MR) is 86.9 cm³/mol. The average Bonchev–Trinajstić information content (AvgIpc) is 2.91. The molecule has 116 valence electrons. The fourth-order valence-corrected chi connectivity index (χ4v) is 3.73. The molecular formula is C15H11ClN4O2S. The lowest BCUT2D eigenvalue weighted by atomic mass is 10.1. The lowest BCUT2D eigenvalue weighted by Gasteiger charge is -2.10. The van der Waals surface area contributed by atoms with Crippen molar-refractivity contribution in [1.29, 1.82) is 5.26 Å². The summed E-state index contributed by atoms with van der Waals surface area (Å²) in [7, 11) is -3.93. The van der Waals surface area contributed by atoms with Gasteiger partial charge in [0.25, 0.3) is 10.0 Å². The van der Waals surface area contributed by atoms with Crippen molar-refractivity contribution in [1.82, 2.24) is 9.38 Å². The summed E-state index contributed by atoms with van der Waals surface area (Å²) in [5, 5.41) is 9.63. The van der Waals surface area contributed by atoms with Gasteiger partial charge in [-0.1, -0.05) is 23.7 Å². The molecule has 0 radical (unpaired) electrons. The van der Waals surface area contributed by atoms with E-state index in [0.29, 0.717) is 16.2 Å². The van der Waals surface area contributed by atoms with Crippen LogP contribution >= 0.6 is 11.6 Å². The smallest absolute Gasteiger partial charge is 0.264 e. The minimum absolute atomic E-state index is 0.0722. The van der Waals surface area contributed by atoms with Crippen molar-refractivity contribution in [3.05, 3.63) is 58.9 Å². The highest BCUT2D eigenvalue weighted by molar-refractivity contribution is 7.92. The molecule has 23 heavy (non-hydrogen) atoms. The third-order valence-corrected chi connectivity index (χ3v) is 5.06. The van der Waals surface area contributed by atoms with Crippen LogP contribution in [-0.2, 0) is 10.0 Å². The number of nitrogens with one attached hydrogen (secondary N) is 1. The number of halogens is 1. The molecule has 2 heterocycles. The maximum atomic E-state index is 12.6. The largest absolute Gasteiger partial charge is 0.284 e. The zero-order valence-electron chi connectivity index (χ0n) is 12.0. The zero-order chi connectivity index (χ0) is 16.6. The Labute approximate surface area is 138 Å². The number of aromatic nitrogens is 2. The summed E-state index contributed by atoms with van der Waals surface area (Å²) in [6.45, 7) is 1.69. The van der Waals surface area contributed by atoms with Crippen LogP contribution in [0, 0.1) is 18.3 Å². The Bertz CT molecular complexity index is 1050. The van der Waals surface area contributed by atoms with Gasteiger partial charge in [-0.3, -0.25) is 9.12 Å². The van der Waals surface area contributed by atoms with Gasteiger partial charge in [0.15, 0.2) is 5.65 Å². The molecule has 0 aliphatic rings. The van der Waals surface area contributed by atoms with Gasteiger partial charge in [0.05, 0.1) is 16.8 Å². The van der Waals surface area contributed by atoms with Crippen LogP contribution in [0.15, 0.2) is 47.6 Å². The highest BCUT2D eigenvalue weighted by Crippen LogP contribution is 2.24. The van der Waals surface area contributed by atoms with Gasteiger partial charge in [0, 0.05) is 6.20 Å². The van der Waals surface area contributed by atoms with Crippen LogP contribution in [0.25, 0.3) is 5.65 Å². The van der Waals surface area contributed by atoms with E-state index in [9.17, 15) is 13.7 Å². The van der Waals surface area contributed by atoms with Crippen molar-refractivity contribution < 1.29 is 8.42 Å². The first-order chi connectivity index (χ1) is 10.9. The second kappa shape index (κ2) is 5.57. The third-order valence-electron chi connectivity index (χ3n) is 3.36. The molecule has 3 rings (SSSR count). The molecule has 0 aliphatic carbocycles. The number of pyridine rings is 1. The van der Waals surface area contributed by atoms with E-state index < -0.39 is 10.0 Å². The number of nitrogens with zero attached hydrogens (tertiary/aromatic N) is 3. The van der Waals surface area contributed by atoms with Gasteiger partial charge < -0.3 is 0 Å². The highest BCUT2D eigenvalue weighted by atomic mass is 35.5. The molecule has 0 amide bonds. The number of hydrogen-bond donors (Lipinski definition) is 1. The molecule has 3 aromatic rings. The summed E-state index contributed by atoms with van der Waals surface area (Å²) < 4.78 is 29.2.